The summed E-state index contributed by atoms with van der Waals surface area (Å²) >= 11 is 0. The Hall–Kier alpha value is -2.95. The number of aromatic nitrogens is 1. The SMILES string of the molecule is O=C1C[C@H](c2cccc(F)c2)c2c(c3ccccc3[nH]c2=O)O1. The molecule has 2 heterocycles. The quantitative estimate of drug-likeness (QED) is 0.703. The molecule has 0 saturated heterocycles. The van der Waals surface area contributed by atoms with Crippen molar-refractivity contribution in [2.24, 2.45) is 0 Å². The Morgan fingerprint density at radius 1 is 1.09 bits per heavy atom. The van der Waals surface area contributed by atoms with Crippen LogP contribution in [0.5, 0.6) is 5.75 Å². The Bertz CT molecular complexity index is 993. The molecular formula is C18H12FNO3. The Labute approximate surface area is 130 Å². The van der Waals surface area contributed by atoms with Crippen LogP contribution in [0, 0.1) is 5.82 Å². The molecule has 0 spiro atoms. The maximum atomic E-state index is 13.5. The van der Waals surface area contributed by atoms with E-state index in [4.69, 9.17) is 4.74 Å². The first kappa shape index (κ1) is 13.7. The van der Waals surface area contributed by atoms with Crippen LogP contribution in [0.3, 0.4) is 0 Å². The number of esters is 1. The average Bonchev–Trinajstić information content (AvgIpc) is 2.54. The molecule has 2 aromatic carbocycles. The lowest BCUT2D eigenvalue weighted by atomic mass is 9.86. The van der Waals surface area contributed by atoms with Crippen molar-refractivity contribution < 1.29 is 13.9 Å². The molecule has 4 rings (SSSR count). The summed E-state index contributed by atoms with van der Waals surface area (Å²) in [5.41, 5.74) is 1.24. The molecule has 114 valence electrons. The lowest BCUT2D eigenvalue weighted by Gasteiger charge is -2.25. The number of benzene rings is 2. The molecule has 1 N–H and O–H groups in total. The van der Waals surface area contributed by atoms with E-state index in [2.05, 4.69) is 4.98 Å². The largest absolute Gasteiger partial charge is 0.425 e. The highest BCUT2D eigenvalue weighted by Crippen LogP contribution is 2.39. The van der Waals surface area contributed by atoms with Gasteiger partial charge in [-0.1, -0.05) is 24.3 Å². The van der Waals surface area contributed by atoms with Gasteiger partial charge < -0.3 is 9.72 Å². The average molecular weight is 309 g/mol. The van der Waals surface area contributed by atoms with Crippen LogP contribution in [0.1, 0.15) is 23.5 Å². The summed E-state index contributed by atoms with van der Waals surface area (Å²) in [6, 6.07) is 13.1. The van der Waals surface area contributed by atoms with Gasteiger partial charge in [-0.25, -0.2) is 4.39 Å². The standard InChI is InChI=1S/C18H12FNO3/c19-11-5-3-4-10(8-11)13-9-15(21)23-17-12-6-1-2-7-14(12)20-18(22)16(13)17/h1-8,13H,9H2,(H,20,22)/t13-/m1/s1. The second-order valence-electron chi connectivity index (χ2n) is 5.53. The Kier molecular flexibility index (Phi) is 3.01. The molecule has 0 saturated carbocycles. The number of halogens is 1. The summed E-state index contributed by atoms with van der Waals surface area (Å²) in [4.78, 5) is 27.3. The number of pyridine rings is 1. The van der Waals surface area contributed by atoms with Crippen LogP contribution in [0.2, 0.25) is 0 Å². The fourth-order valence-corrected chi connectivity index (χ4v) is 3.09. The molecule has 0 radical (unpaired) electrons. The molecule has 0 amide bonds. The summed E-state index contributed by atoms with van der Waals surface area (Å²) < 4.78 is 18.9. The minimum Gasteiger partial charge on any atom is -0.425 e. The third-order valence-electron chi connectivity index (χ3n) is 4.10. The van der Waals surface area contributed by atoms with Gasteiger partial charge in [-0.3, -0.25) is 9.59 Å². The number of hydrogen-bond donors (Lipinski definition) is 1. The normalized spacial score (nSPS) is 16.9. The lowest BCUT2D eigenvalue weighted by molar-refractivity contribution is -0.135. The monoisotopic (exact) mass is 309 g/mol. The number of para-hydroxylation sites is 1. The zero-order chi connectivity index (χ0) is 16.0. The van der Waals surface area contributed by atoms with Crippen LogP contribution in [0.25, 0.3) is 10.9 Å². The van der Waals surface area contributed by atoms with Crippen LogP contribution in [0.15, 0.2) is 53.3 Å². The third-order valence-corrected chi connectivity index (χ3v) is 4.10. The highest BCUT2D eigenvalue weighted by Gasteiger charge is 2.32. The van der Waals surface area contributed by atoms with Crippen LogP contribution in [-0.2, 0) is 4.79 Å². The third kappa shape index (κ3) is 2.21. The van der Waals surface area contributed by atoms with E-state index < -0.39 is 17.7 Å². The summed E-state index contributed by atoms with van der Waals surface area (Å²) in [6.07, 6.45) is 0.0118. The molecule has 1 aromatic heterocycles. The van der Waals surface area contributed by atoms with Gasteiger partial charge in [0, 0.05) is 11.3 Å². The zero-order valence-electron chi connectivity index (χ0n) is 12.0. The minimum atomic E-state index is -0.518. The number of hydrogen-bond acceptors (Lipinski definition) is 3. The molecular weight excluding hydrogens is 297 g/mol. The van der Waals surface area contributed by atoms with Crippen molar-refractivity contribution >= 4 is 16.9 Å². The molecule has 0 aliphatic carbocycles. The Morgan fingerprint density at radius 3 is 2.74 bits per heavy atom. The number of aromatic amines is 1. The van der Waals surface area contributed by atoms with Crippen molar-refractivity contribution in [2.45, 2.75) is 12.3 Å². The van der Waals surface area contributed by atoms with Gasteiger partial charge in [-0.15, -0.1) is 0 Å². The molecule has 5 heteroatoms. The van der Waals surface area contributed by atoms with Crippen LogP contribution >= 0.6 is 0 Å². The van der Waals surface area contributed by atoms with Gasteiger partial charge >= 0.3 is 5.97 Å². The highest BCUT2D eigenvalue weighted by molar-refractivity contribution is 5.91. The predicted octanol–water partition coefficient (Wildman–Crippen LogP) is 3.11. The number of H-pyrrole nitrogens is 1. The van der Waals surface area contributed by atoms with E-state index in [1.807, 2.05) is 0 Å². The minimum absolute atomic E-state index is 0.0118. The molecule has 1 aliphatic heterocycles. The smallest absolute Gasteiger partial charge is 0.312 e. The van der Waals surface area contributed by atoms with Crippen molar-refractivity contribution in [3.05, 3.63) is 75.8 Å². The number of carbonyl (C=O) groups excluding carboxylic acids is 1. The second kappa shape index (κ2) is 5.05. The van der Waals surface area contributed by atoms with Crippen molar-refractivity contribution in [1.82, 2.24) is 4.98 Å². The first-order valence-electron chi connectivity index (χ1n) is 7.24. The van der Waals surface area contributed by atoms with Gasteiger partial charge in [-0.05, 0) is 29.8 Å². The first-order chi connectivity index (χ1) is 11.1. The number of fused-ring (bicyclic) bond motifs is 3. The van der Waals surface area contributed by atoms with Crippen LogP contribution < -0.4 is 10.3 Å². The van der Waals surface area contributed by atoms with E-state index >= 15 is 0 Å². The summed E-state index contributed by atoms with van der Waals surface area (Å²) in [5.74, 6) is -1.08. The molecule has 3 aromatic rings. The van der Waals surface area contributed by atoms with E-state index in [0.717, 1.165) is 0 Å². The van der Waals surface area contributed by atoms with E-state index in [1.54, 1.807) is 36.4 Å². The Balaban J connectivity index is 2.02. The first-order valence-corrected chi connectivity index (χ1v) is 7.24. The van der Waals surface area contributed by atoms with E-state index in [1.165, 1.54) is 12.1 Å². The number of nitrogens with one attached hydrogen (secondary N) is 1. The van der Waals surface area contributed by atoms with Crippen molar-refractivity contribution in [2.75, 3.05) is 0 Å². The predicted molar refractivity (Wildman–Crippen MR) is 83.1 cm³/mol. The van der Waals surface area contributed by atoms with Gasteiger partial charge in [-0.2, -0.15) is 0 Å². The summed E-state index contributed by atoms with van der Waals surface area (Å²) in [5, 5.41) is 0.663. The van der Waals surface area contributed by atoms with Gasteiger partial charge in [0.2, 0.25) is 0 Å². The molecule has 1 atom stereocenters. The number of rotatable bonds is 1. The number of ether oxygens (including phenoxy) is 1. The second-order valence-corrected chi connectivity index (χ2v) is 5.53. The maximum absolute atomic E-state index is 13.5. The van der Waals surface area contributed by atoms with Crippen LogP contribution in [-0.4, -0.2) is 11.0 Å². The topological polar surface area (TPSA) is 59.2 Å². The summed E-state index contributed by atoms with van der Waals surface area (Å²) in [7, 11) is 0. The molecule has 4 nitrogen and oxygen atoms in total. The maximum Gasteiger partial charge on any atom is 0.312 e. The lowest BCUT2D eigenvalue weighted by Crippen LogP contribution is -2.28. The van der Waals surface area contributed by atoms with Gasteiger partial charge in [0.15, 0.2) is 0 Å². The van der Waals surface area contributed by atoms with Gasteiger partial charge in [0.25, 0.3) is 5.56 Å². The zero-order valence-corrected chi connectivity index (χ0v) is 12.0. The molecule has 23 heavy (non-hydrogen) atoms. The highest BCUT2D eigenvalue weighted by atomic mass is 19.1. The fourth-order valence-electron chi connectivity index (χ4n) is 3.09. The van der Waals surface area contributed by atoms with Crippen molar-refractivity contribution in [3.8, 4) is 5.75 Å². The molecule has 1 aliphatic rings. The molecule has 0 unspecified atom stereocenters. The summed E-state index contributed by atoms with van der Waals surface area (Å²) in [6.45, 7) is 0. The van der Waals surface area contributed by atoms with Gasteiger partial charge in [0.1, 0.15) is 11.6 Å². The van der Waals surface area contributed by atoms with Crippen molar-refractivity contribution in [1.29, 1.82) is 0 Å². The Morgan fingerprint density at radius 2 is 1.91 bits per heavy atom. The van der Waals surface area contributed by atoms with Gasteiger partial charge in [0.05, 0.1) is 17.5 Å². The fraction of sp³-hybridized carbons (Fsp3) is 0.111. The van der Waals surface area contributed by atoms with E-state index in [0.29, 0.717) is 22.0 Å². The number of carbonyl (C=O) groups is 1. The molecule has 0 bridgehead atoms. The van der Waals surface area contributed by atoms with E-state index in [9.17, 15) is 14.0 Å². The van der Waals surface area contributed by atoms with Crippen molar-refractivity contribution in [3.63, 3.8) is 0 Å². The van der Waals surface area contributed by atoms with Crippen LogP contribution in [0.4, 0.5) is 4.39 Å². The van der Waals surface area contributed by atoms with E-state index in [-0.39, 0.29) is 17.7 Å². The molecule has 0 fully saturated rings.